The van der Waals surface area contributed by atoms with Gasteiger partial charge in [0.05, 0.1) is 16.8 Å². The van der Waals surface area contributed by atoms with Gasteiger partial charge in [-0.3, -0.25) is 4.79 Å². The number of carbonyl (C=O) groups excluding carboxylic acids is 1. The molecule has 5 heteroatoms. The first kappa shape index (κ1) is 19.7. The number of aromatic nitrogens is 2. The highest BCUT2D eigenvalue weighted by Gasteiger charge is 2.47. The number of aryl methyl sites for hydroxylation is 1. The van der Waals surface area contributed by atoms with Crippen LogP contribution in [0.5, 0.6) is 0 Å². The van der Waals surface area contributed by atoms with Crippen LogP contribution in [0.3, 0.4) is 0 Å². The van der Waals surface area contributed by atoms with Crippen molar-refractivity contribution in [2.75, 3.05) is 7.05 Å². The largest absolute Gasteiger partial charge is 0.341 e. The maximum absolute atomic E-state index is 13.5. The number of amides is 1. The normalized spacial score (nSPS) is 15.0. The van der Waals surface area contributed by atoms with E-state index in [1.165, 1.54) is 0 Å². The second kappa shape index (κ2) is 7.68. The van der Waals surface area contributed by atoms with E-state index in [2.05, 4.69) is 6.92 Å². The summed E-state index contributed by atoms with van der Waals surface area (Å²) >= 11 is 6.06. The summed E-state index contributed by atoms with van der Waals surface area (Å²) < 4.78 is 1.96. The van der Waals surface area contributed by atoms with E-state index < -0.39 is 5.41 Å². The Balaban J connectivity index is 1.59. The van der Waals surface area contributed by atoms with Crippen molar-refractivity contribution in [3.8, 4) is 5.69 Å². The SMILES string of the molecule is Cc1nn(-c2ccccc2)c(C)c1CN(C)C(=O)C1(c2ccc(Cl)cc2)CCC1. The van der Waals surface area contributed by atoms with Gasteiger partial charge in [0.25, 0.3) is 0 Å². The van der Waals surface area contributed by atoms with Crippen LogP contribution in [0, 0.1) is 13.8 Å². The van der Waals surface area contributed by atoms with Crippen molar-refractivity contribution in [2.45, 2.75) is 45.1 Å². The van der Waals surface area contributed by atoms with Gasteiger partial charge in [0.2, 0.25) is 5.91 Å². The number of rotatable bonds is 5. The molecule has 4 rings (SSSR count). The molecular formula is C24H26ClN3O. The summed E-state index contributed by atoms with van der Waals surface area (Å²) in [5.41, 5.74) is 4.82. The molecule has 1 aliphatic rings. The molecule has 1 aliphatic carbocycles. The van der Waals surface area contributed by atoms with Gasteiger partial charge in [-0.15, -0.1) is 0 Å². The van der Waals surface area contributed by atoms with E-state index >= 15 is 0 Å². The van der Waals surface area contributed by atoms with Crippen LogP contribution in [0.2, 0.25) is 5.02 Å². The van der Waals surface area contributed by atoms with Gasteiger partial charge < -0.3 is 4.90 Å². The highest BCUT2D eigenvalue weighted by molar-refractivity contribution is 6.30. The summed E-state index contributed by atoms with van der Waals surface area (Å²) in [7, 11) is 1.90. The third-order valence-electron chi connectivity index (χ3n) is 6.20. The fraction of sp³-hybridized carbons (Fsp3) is 0.333. The minimum atomic E-state index is -0.420. The molecule has 1 aromatic heterocycles. The zero-order valence-corrected chi connectivity index (χ0v) is 17.9. The first-order chi connectivity index (χ1) is 13.9. The Bertz CT molecular complexity index is 1020. The zero-order valence-electron chi connectivity index (χ0n) is 17.2. The van der Waals surface area contributed by atoms with Crippen molar-refractivity contribution in [3.05, 3.63) is 82.1 Å². The lowest BCUT2D eigenvalue weighted by molar-refractivity contribution is -0.140. The number of hydrogen-bond acceptors (Lipinski definition) is 2. The molecule has 0 saturated heterocycles. The molecule has 1 fully saturated rings. The highest BCUT2D eigenvalue weighted by atomic mass is 35.5. The molecule has 3 aromatic rings. The number of hydrogen-bond donors (Lipinski definition) is 0. The fourth-order valence-corrected chi connectivity index (χ4v) is 4.45. The number of likely N-dealkylation sites (N-methyl/N-ethyl adjacent to an activating group) is 1. The number of halogens is 1. The molecule has 0 unspecified atom stereocenters. The molecular weight excluding hydrogens is 382 g/mol. The Hall–Kier alpha value is -2.59. The molecule has 1 saturated carbocycles. The van der Waals surface area contributed by atoms with Crippen molar-refractivity contribution < 1.29 is 4.79 Å². The van der Waals surface area contributed by atoms with Crippen molar-refractivity contribution in [3.63, 3.8) is 0 Å². The predicted octanol–water partition coefficient (Wildman–Crippen LogP) is 5.22. The second-order valence-electron chi connectivity index (χ2n) is 8.00. The van der Waals surface area contributed by atoms with E-state index in [0.29, 0.717) is 11.6 Å². The number of carbonyl (C=O) groups is 1. The maximum Gasteiger partial charge on any atom is 0.233 e. The molecule has 0 aliphatic heterocycles. The van der Waals surface area contributed by atoms with Gasteiger partial charge in [-0.25, -0.2) is 4.68 Å². The predicted molar refractivity (Wildman–Crippen MR) is 116 cm³/mol. The molecule has 1 amide bonds. The van der Waals surface area contributed by atoms with Gasteiger partial charge in [0.15, 0.2) is 0 Å². The molecule has 0 N–H and O–H groups in total. The molecule has 0 bridgehead atoms. The van der Waals surface area contributed by atoms with Crippen LogP contribution in [0.4, 0.5) is 0 Å². The topological polar surface area (TPSA) is 38.1 Å². The molecule has 150 valence electrons. The summed E-state index contributed by atoms with van der Waals surface area (Å²) in [6.45, 7) is 4.63. The van der Waals surface area contributed by atoms with Crippen LogP contribution in [0.25, 0.3) is 5.69 Å². The van der Waals surface area contributed by atoms with Crippen molar-refractivity contribution in [1.82, 2.24) is 14.7 Å². The lowest BCUT2D eigenvalue weighted by Crippen LogP contribution is -2.49. The first-order valence-electron chi connectivity index (χ1n) is 10.0. The van der Waals surface area contributed by atoms with Crippen LogP contribution in [-0.4, -0.2) is 27.6 Å². The average molecular weight is 408 g/mol. The summed E-state index contributed by atoms with van der Waals surface area (Å²) in [5, 5.41) is 5.42. The third kappa shape index (κ3) is 3.46. The van der Waals surface area contributed by atoms with E-state index in [-0.39, 0.29) is 5.91 Å². The Morgan fingerprint density at radius 3 is 2.34 bits per heavy atom. The van der Waals surface area contributed by atoms with Crippen LogP contribution < -0.4 is 0 Å². The molecule has 1 heterocycles. The van der Waals surface area contributed by atoms with Crippen LogP contribution in [0.1, 0.15) is 41.8 Å². The van der Waals surface area contributed by atoms with E-state index in [9.17, 15) is 4.79 Å². The van der Waals surface area contributed by atoms with Gasteiger partial charge in [-0.05, 0) is 56.5 Å². The monoisotopic (exact) mass is 407 g/mol. The van der Waals surface area contributed by atoms with Gasteiger partial charge in [-0.1, -0.05) is 48.4 Å². The fourth-order valence-electron chi connectivity index (χ4n) is 4.32. The number of nitrogens with zero attached hydrogens (tertiary/aromatic N) is 3. The quantitative estimate of drug-likeness (QED) is 0.581. The average Bonchev–Trinajstić information content (AvgIpc) is 2.97. The highest BCUT2D eigenvalue weighted by Crippen LogP contribution is 2.45. The summed E-state index contributed by atoms with van der Waals surface area (Å²) in [6.07, 6.45) is 2.85. The maximum atomic E-state index is 13.5. The minimum absolute atomic E-state index is 0.178. The lowest BCUT2D eigenvalue weighted by atomic mass is 9.63. The smallest absolute Gasteiger partial charge is 0.233 e. The molecule has 0 atom stereocenters. The van der Waals surface area contributed by atoms with Gasteiger partial charge >= 0.3 is 0 Å². The molecule has 29 heavy (non-hydrogen) atoms. The summed E-state index contributed by atoms with van der Waals surface area (Å²) in [6, 6.07) is 17.8. The molecule has 4 nitrogen and oxygen atoms in total. The molecule has 0 spiro atoms. The Morgan fingerprint density at radius 2 is 1.76 bits per heavy atom. The van der Waals surface area contributed by atoms with E-state index in [1.54, 1.807) is 0 Å². The van der Waals surface area contributed by atoms with Crippen LogP contribution in [0.15, 0.2) is 54.6 Å². The zero-order chi connectivity index (χ0) is 20.6. The van der Waals surface area contributed by atoms with Gasteiger partial charge in [0, 0.05) is 29.9 Å². The standard InChI is InChI=1S/C24H26ClN3O/c1-17-22(18(2)28(26-17)21-8-5-4-6-9-21)16-27(3)23(29)24(14-7-15-24)19-10-12-20(25)13-11-19/h4-6,8-13H,7,14-16H2,1-3H3. The van der Waals surface area contributed by atoms with Crippen LogP contribution >= 0.6 is 11.6 Å². The van der Waals surface area contributed by atoms with Crippen molar-refractivity contribution in [2.24, 2.45) is 0 Å². The minimum Gasteiger partial charge on any atom is -0.341 e. The van der Waals surface area contributed by atoms with Crippen molar-refractivity contribution >= 4 is 17.5 Å². The summed E-state index contributed by atoms with van der Waals surface area (Å²) in [4.78, 5) is 15.4. The van der Waals surface area contributed by atoms with Gasteiger partial charge in [-0.2, -0.15) is 5.10 Å². The Labute approximate surface area is 177 Å². The lowest BCUT2D eigenvalue weighted by Gasteiger charge is -2.43. The first-order valence-corrected chi connectivity index (χ1v) is 10.4. The van der Waals surface area contributed by atoms with E-state index in [1.807, 2.05) is 78.2 Å². The number of para-hydroxylation sites is 1. The number of benzene rings is 2. The van der Waals surface area contributed by atoms with Crippen molar-refractivity contribution in [1.29, 1.82) is 0 Å². The van der Waals surface area contributed by atoms with E-state index in [4.69, 9.17) is 16.7 Å². The van der Waals surface area contributed by atoms with E-state index in [0.717, 1.165) is 47.5 Å². The summed E-state index contributed by atoms with van der Waals surface area (Å²) in [5.74, 6) is 0.178. The molecule has 2 aromatic carbocycles. The Morgan fingerprint density at radius 1 is 1.10 bits per heavy atom. The second-order valence-corrected chi connectivity index (χ2v) is 8.44. The molecule has 0 radical (unpaired) electrons. The third-order valence-corrected chi connectivity index (χ3v) is 6.45. The Kier molecular flexibility index (Phi) is 5.22. The van der Waals surface area contributed by atoms with Crippen LogP contribution in [-0.2, 0) is 16.8 Å². The van der Waals surface area contributed by atoms with Gasteiger partial charge in [0.1, 0.15) is 0 Å².